The molecule has 0 aliphatic heterocycles. The van der Waals surface area contributed by atoms with Crippen LogP contribution in [0.3, 0.4) is 0 Å². The van der Waals surface area contributed by atoms with E-state index in [4.69, 9.17) is 32.7 Å². The SMILES string of the molecule is CN(CCOc1ccc(Cl)cc1Cl)C(=O)OC(C)(C)C. The van der Waals surface area contributed by atoms with Gasteiger partial charge in [-0.3, -0.25) is 0 Å². The molecule has 1 rings (SSSR count). The molecule has 6 heteroatoms. The van der Waals surface area contributed by atoms with Crippen LogP contribution in [-0.2, 0) is 4.74 Å². The van der Waals surface area contributed by atoms with Gasteiger partial charge in [0.2, 0.25) is 0 Å². The second-order valence-corrected chi connectivity index (χ2v) is 6.17. The lowest BCUT2D eigenvalue weighted by Gasteiger charge is -2.24. The minimum absolute atomic E-state index is 0.317. The van der Waals surface area contributed by atoms with Crippen molar-refractivity contribution in [1.82, 2.24) is 4.90 Å². The van der Waals surface area contributed by atoms with Gasteiger partial charge in [0, 0.05) is 12.1 Å². The lowest BCUT2D eigenvalue weighted by atomic mass is 10.2. The summed E-state index contributed by atoms with van der Waals surface area (Å²) in [6.07, 6.45) is -0.386. The van der Waals surface area contributed by atoms with Crippen LogP contribution in [0.2, 0.25) is 10.0 Å². The van der Waals surface area contributed by atoms with Crippen molar-refractivity contribution < 1.29 is 14.3 Å². The highest BCUT2D eigenvalue weighted by Crippen LogP contribution is 2.27. The number of ether oxygens (including phenoxy) is 2. The van der Waals surface area contributed by atoms with Gasteiger partial charge in [-0.15, -0.1) is 0 Å². The fourth-order valence-corrected chi connectivity index (χ4v) is 1.78. The lowest BCUT2D eigenvalue weighted by molar-refractivity contribution is 0.0278. The van der Waals surface area contributed by atoms with Crippen LogP contribution in [0, 0.1) is 0 Å². The van der Waals surface area contributed by atoms with E-state index in [1.54, 1.807) is 25.2 Å². The Morgan fingerprint density at radius 3 is 2.50 bits per heavy atom. The van der Waals surface area contributed by atoms with Crippen LogP contribution in [-0.4, -0.2) is 36.8 Å². The molecule has 0 saturated heterocycles. The summed E-state index contributed by atoms with van der Waals surface area (Å²) in [5.41, 5.74) is -0.508. The van der Waals surface area contributed by atoms with E-state index in [0.717, 1.165) is 0 Å². The highest BCUT2D eigenvalue weighted by molar-refractivity contribution is 6.35. The highest BCUT2D eigenvalue weighted by Gasteiger charge is 2.19. The fraction of sp³-hybridized carbons (Fsp3) is 0.500. The second-order valence-electron chi connectivity index (χ2n) is 5.33. The first-order valence-corrected chi connectivity index (χ1v) is 6.96. The molecule has 112 valence electrons. The summed E-state index contributed by atoms with van der Waals surface area (Å²) in [5, 5.41) is 0.991. The second kappa shape index (κ2) is 7.04. The number of amides is 1. The number of likely N-dealkylation sites (N-methyl/N-ethyl adjacent to an activating group) is 1. The zero-order valence-corrected chi connectivity index (χ0v) is 13.6. The monoisotopic (exact) mass is 319 g/mol. The summed E-state index contributed by atoms with van der Waals surface area (Å²) in [4.78, 5) is 13.2. The Morgan fingerprint density at radius 1 is 1.30 bits per heavy atom. The number of halogens is 2. The first-order valence-electron chi connectivity index (χ1n) is 6.21. The summed E-state index contributed by atoms with van der Waals surface area (Å²) in [7, 11) is 1.65. The van der Waals surface area contributed by atoms with E-state index in [1.807, 2.05) is 20.8 Å². The highest BCUT2D eigenvalue weighted by atomic mass is 35.5. The lowest BCUT2D eigenvalue weighted by Crippen LogP contribution is -2.36. The molecule has 0 unspecified atom stereocenters. The van der Waals surface area contributed by atoms with E-state index < -0.39 is 5.60 Å². The van der Waals surface area contributed by atoms with Crippen molar-refractivity contribution >= 4 is 29.3 Å². The van der Waals surface area contributed by atoms with Crippen molar-refractivity contribution in [3.8, 4) is 5.75 Å². The molecule has 0 spiro atoms. The van der Waals surface area contributed by atoms with Gasteiger partial charge in [-0.25, -0.2) is 4.79 Å². The van der Waals surface area contributed by atoms with Crippen LogP contribution in [0.15, 0.2) is 18.2 Å². The van der Waals surface area contributed by atoms with Gasteiger partial charge in [0.15, 0.2) is 0 Å². The molecule has 0 heterocycles. The molecule has 0 saturated carbocycles. The third kappa shape index (κ3) is 5.88. The van der Waals surface area contributed by atoms with Crippen LogP contribution in [0.5, 0.6) is 5.75 Å². The first kappa shape index (κ1) is 16.9. The number of hydrogen-bond donors (Lipinski definition) is 0. The molecule has 1 aromatic carbocycles. The molecule has 0 radical (unpaired) electrons. The Morgan fingerprint density at radius 2 is 1.95 bits per heavy atom. The Kier molecular flexibility index (Phi) is 5.96. The average molecular weight is 320 g/mol. The van der Waals surface area contributed by atoms with E-state index in [9.17, 15) is 4.79 Å². The maximum atomic E-state index is 11.7. The van der Waals surface area contributed by atoms with E-state index in [-0.39, 0.29) is 6.09 Å². The Hall–Kier alpha value is -1.13. The van der Waals surface area contributed by atoms with E-state index in [0.29, 0.717) is 28.9 Å². The molecule has 4 nitrogen and oxygen atoms in total. The van der Waals surface area contributed by atoms with Crippen LogP contribution < -0.4 is 4.74 Å². The van der Waals surface area contributed by atoms with E-state index in [2.05, 4.69) is 0 Å². The molecule has 0 atom stereocenters. The van der Waals surface area contributed by atoms with Crippen LogP contribution >= 0.6 is 23.2 Å². The van der Waals surface area contributed by atoms with Crippen molar-refractivity contribution in [1.29, 1.82) is 0 Å². The number of carbonyl (C=O) groups excluding carboxylic acids is 1. The number of benzene rings is 1. The molecule has 0 N–H and O–H groups in total. The number of hydrogen-bond acceptors (Lipinski definition) is 3. The van der Waals surface area contributed by atoms with Crippen molar-refractivity contribution in [2.24, 2.45) is 0 Å². The minimum atomic E-state index is -0.508. The quantitative estimate of drug-likeness (QED) is 0.833. The normalized spacial score (nSPS) is 11.1. The molecule has 0 fully saturated rings. The van der Waals surface area contributed by atoms with Crippen LogP contribution in [0.25, 0.3) is 0 Å². The smallest absolute Gasteiger partial charge is 0.410 e. The van der Waals surface area contributed by atoms with Crippen LogP contribution in [0.1, 0.15) is 20.8 Å². The maximum Gasteiger partial charge on any atom is 0.410 e. The third-order valence-electron chi connectivity index (χ3n) is 2.28. The Labute approximate surface area is 129 Å². The third-order valence-corrected chi connectivity index (χ3v) is 2.81. The summed E-state index contributed by atoms with van der Waals surface area (Å²) >= 11 is 11.8. The molecule has 0 aromatic heterocycles. The van der Waals surface area contributed by atoms with Gasteiger partial charge >= 0.3 is 6.09 Å². The predicted molar refractivity (Wildman–Crippen MR) is 80.8 cm³/mol. The van der Waals surface area contributed by atoms with Crippen molar-refractivity contribution in [3.63, 3.8) is 0 Å². The van der Waals surface area contributed by atoms with Gasteiger partial charge in [-0.1, -0.05) is 23.2 Å². The van der Waals surface area contributed by atoms with Gasteiger partial charge in [0.25, 0.3) is 0 Å². The van der Waals surface area contributed by atoms with Gasteiger partial charge in [-0.05, 0) is 39.0 Å². The topological polar surface area (TPSA) is 38.8 Å². The predicted octanol–water partition coefficient (Wildman–Crippen LogP) is 4.24. The molecule has 0 bridgehead atoms. The maximum absolute atomic E-state index is 11.7. The van der Waals surface area contributed by atoms with Gasteiger partial charge in [0.1, 0.15) is 18.0 Å². The summed E-state index contributed by atoms with van der Waals surface area (Å²) in [5.74, 6) is 0.536. The first-order chi connectivity index (χ1) is 9.19. The van der Waals surface area contributed by atoms with Crippen molar-refractivity contribution in [3.05, 3.63) is 28.2 Å². The number of nitrogens with zero attached hydrogens (tertiary/aromatic N) is 1. The van der Waals surface area contributed by atoms with E-state index in [1.165, 1.54) is 4.90 Å². The molecule has 0 aliphatic carbocycles. The number of carbonyl (C=O) groups is 1. The Balaban J connectivity index is 2.42. The zero-order chi connectivity index (χ0) is 15.3. The van der Waals surface area contributed by atoms with Crippen LogP contribution in [0.4, 0.5) is 4.79 Å². The zero-order valence-electron chi connectivity index (χ0n) is 12.1. The fourth-order valence-electron chi connectivity index (χ4n) is 1.32. The molecular weight excluding hydrogens is 301 g/mol. The molecule has 1 aromatic rings. The molecule has 20 heavy (non-hydrogen) atoms. The largest absolute Gasteiger partial charge is 0.490 e. The standard InChI is InChI=1S/C14H19Cl2NO3/c1-14(2,3)20-13(18)17(4)7-8-19-12-6-5-10(15)9-11(12)16/h5-6,9H,7-8H2,1-4H3. The van der Waals surface area contributed by atoms with Crippen molar-refractivity contribution in [2.75, 3.05) is 20.2 Å². The van der Waals surface area contributed by atoms with E-state index >= 15 is 0 Å². The molecule has 1 amide bonds. The summed E-state index contributed by atoms with van der Waals surface area (Å²) in [6.45, 7) is 6.18. The van der Waals surface area contributed by atoms with Gasteiger partial charge in [-0.2, -0.15) is 0 Å². The van der Waals surface area contributed by atoms with Crippen molar-refractivity contribution in [2.45, 2.75) is 26.4 Å². The Bertz CT molecular complexity index is 472. The van der Waals surface area contributed by atoms with Gasteiger partial charge in [0.05, 0.1) is 11.6 Å². The summed E-state index contributed by atoms with van der Waals surface area (Å²) < 4.78 is 10.7. The average Bonchev–Trinajstić information content (AvgIpc) is 2.29. The van der Waals surface area contributed by atoms with Gasteiger partial charge < -0.3 is 14.4 Å². The summed E-state index contributed by atoms with van der Waals surface area (Å²) in [6, 6.07) is 4.99. The minimum Gasteiger partial charge on any atom is -0.490 e. The number of rotatable bonds is 4. The molecule has 0 aliphatic rings. The molecular formula is C14H19Cl2NO3.